The lowest BCUT2D eigenvalue weighted by atomic mass is 10.1. The van der Waals surface area contributed by atoms with E-state index in [1.54, 1.807) is 16.7 Å². The van der Waals surface area contributed by atoms with Gasteiger partial charge in [-0.1, -0.05) is 37.3 Å². The van der Waals surface area contributed by atoms with Crippen molar-refractivity contribution >= 4 is 29.9 Å². The van der Waals surface area contributed by atoms with Crippen molar-refractivity contribution in [1.29, 1.82) is 0 Å². The highest BCUT2D eigenvalue weighted by molar-refractivity contribution is 14.0. The number of rotatable bonds is 9. The van der Waals surface area contributed by atoms with Gasteiger partial charge >= 0.3 is 0 Å². The second-order valence-corrected chi connectivity index (χ2v) is 6.70. The number of guanidine groups is 1. The predicted molar refractivity (Wildman–Crippen MR) is 129 cm³/mol. The van der Waals surface area contributed by atoms with Gasteiger partial charge in [0, 0.05) is 45.5 Å². The number of nitrogens with one attached hydrogen (secondary N) is 1. The fraction of sp³-hybridized carbons (Fsp3) is 0.455. The van der Waals surface area contributed by atoms with Crippen LogP contribution in [0.5, 0.6) is 0 Å². The summed E-state index contributed by atoms with van der Waals surface area (Å²) in [6.45, 7) is 7.42. The molecule has 154 valence electrons. The Bertz CT molecular complexity index is 771. The summed E-state index contributed by atoms with van der Waals surface area (Å²) >= 11 is 0. The van der Waals surface area contributed by atoms with Crippen LogP contribution >= 0.6 is 24.0 Å². The first-order valence-corrected chi connectivity index (χ1v) is 9.86. The van der Waals surface area contributed by atoms with Gasteiger partial charge in [0.1, 0.15) is 0 Å². The van der Waals surface area contributed by atoms with Gasteiger partial charge in [0.25, 0.3) is 0 Å². The quantitative estimate of drug-likeness (QED) is 0.248. The molecular weight excluding hydrogens is 463 g/mol. The van der Waals surface area contributed by atoms with Crippen LogP contribution in [-0.2, 0) is 19.5 Å². The first kappa shape index (κ1) is 24.2. The number of hydrogen-bond donors (Lipinski definition) is 1. The van der Waals surface area contributed by atoms with Crippen LogP contribution < -0.4 is 10.9 Å². The molecule has 0 radical (unpaired) electrons. The summed E-state index contributed by atoms with van der Waals surface area (Å²) in [5.41, 5.74) is 2.70. The second-order valence-electron chi connectivity index (χ2n) is 6.70. The van der Waals surface area contributed by atoms with Gasteiger partial charge in [-0.15, -0.1) is 24.0 Å². The van der Waals surface area contributed by atoms with Crippen LogP contribution in [0, 0.1) is 0 Å². The number of halogens is 1. The first-order chi connectivity index (χ1) is 13.1. The van der Waals surface area contributed by atoms with Crippen LogP contribution in [0.15, 0.2) is 58.4 Å². The number of hydrogen-bond acceptors (Lipinski definition) is 2. The third-order valence-electron chi connectivity index (χ3n) is 4.52. The van der Waals surface area contributed by atoms with Crippen molar-refractivity contribution in [3.05, 3.63) is 70.1 Å². The van der Waals surface area contributed by atoms with Gasteiger partial charge in [-0.05, 0) is 43.4 Å². The number of pyridine rings is 1. The van der Waals surface area contributed by atoms with Crippen LogP contribution in [0.25, 0.3) is 0 Å². The SMILES string of the molecule is CCNC(=NCCCCn1ccccc1=O)N(C)Cc1ccc(CC)cc1.I. The highest BCUT2D eigenvalue weighted by atomic mass is 127. The van der Waals surface area contributed by atoms with Crippen molar-refractivity contribution in [2.45, 2.75) is 46.2 Å². The molecule has 2 rings (SSSR count). The van der Waals surface area contributed by atoms with Crippen molar-refractivity contribution in [2.75, 3.05) is 20.1 Å². The number of aryl methyl sites for hydroxylation is 2. The minimum absolute atomic E-state index is 0. The number of aromatic nitrogens is 1. The summed E-state index contributed by atoms with van der Waals surface area (Å²) in [6, 6.07) is 14.0. The van der Waals surface area contributed by atoms with E-state index in [9.17, 15) is 4.79 Å². The minimum Gasteiger partial charge on any atom is -0.357 e. The van der Waals surface area contributed by atoms with Crippen LogP contribution in [0.2, 0.25) is 0 Å². The highest BCUT2D eigenvalue weighted by Gasteiger charge is 2.06. The van der Waals surface area contributed by atoms with E-state index in [0.29, 0.717) is 0 Å². The Morgan fingerprint density at radius 3 is 2.43 bits per heavy atom. The van der Waals surface area contributed by atoms with E-state index < -0.39 is 0 Å². The molecule has 0 aliphatic heterocycles. The second kappa shape index (κ2) is 13.4. The fourth-order valence-electron chi connectivity index (χ4n) is 2.92. The molecule has 6 heteroatoms. The van der Waals surface area contributed by atoms with Crippen molar-refractivity contribution in [2.24, 2.45) is 4.99 Å². The molecule has 0 fully saturated rings. The molecule has 0 aliphatic rings. The van der Waals surface area contributed by atoms with E-state index >= 15 is 0 Å². The minimum atomic E-state index is 0. The van der Waals surface area contributed by atoms with E-state index in [0.717, 1.165) is 51.4 Å². The maximum Gasteiger partial charge on any atom is 0.250 e. The van der Waals surface area contributed by atoms with Gasteiger partial charge in [0.2, 0.25) is 5.56 Å². The van der Waals surface area contributed by atoms with Crippen molar-refractivity contribution in [1.82, 2.24) is 14.8 Å². The van der Waals surface area contributed by atoms with E-state index in [-0.39, 0.29) is 29.5 Å². The summed E-state index contributed by atoms with van der Waals surface area (Å²) in [6.07, 6.45) is 4.80. The Kier molecular flexibility index (Phi) is 11.6. The third kappa shape index (κ3) is 8.04. The molecule has 28 heavy (non-hydrogen) atoms. The topological polar surface area (TPSA) is 49.6 Å². The first-order valence-electron chi connectivity index (χ1n) is 9.86. The average molecular weight is 496 g/mol. The Labute approximate surface area is 185 Å². The largest absolute Gasteiger partial charge is 0.357 e. The zero-order valence-corrected chi connectivity index (χ0v) is 19.6. The van der Waals surface area contributed by atoms with Gasteiger partial charge in [0.05, 0.1) is 0 Å². The van der Waals surface area contributed by atoms with Crippen LogP contribution in [-0.4, -0.2) is 35.6 Å². The lowest BCUT2D eigenvalue weighted by Gasteiger charge is -2.22. The number of unbranched alkanes of at least 4 members (excludes halogenated alkanes) is 1. The Hall–Kier alpha value is -1.83. The van der Waals surface area contributed by atoms with Gasteiger partial charge < -0.3 is 14.8 Å². The molecule has 0 spiro atoms. The Morgan fingerprint density at radius 1 is 1.07 bits per heavy atom. The molecule has 0 atom stereocenters. The fourth-order valence-corrected chi connectivity index (χ4v) is 2.92. The molecule has 1 aromatic carbocycles. The van der Waals surface area contributed by atoms with Crippen LogP contribution in [0.4, 0.5) is 0 Å². The molecule has 0 unspecified atom stereocenters. The van der Waals surface area contributed by atoms with Crippen LogP contribution in [0.1, 0.15) is 37.8 Å². The monoisotopic (exact) mass is 496 g/mol. The van der Waals surface area contributed by atoms with Gasteiger partial charge in [-0.3, -0.25) is 9.79 Å². The van der Waals surface area contributed by atoms with Crippen molar-refractivity contribution < 1.29 is 0 Å². The normalized spacial score (nSPS) is 11.0. The summed E-state index contributed by atoms with van der Waals surface area (Å²) in [7, 11) is 2.07. The maximum absolute atomic E-state index is 11.7. The molecule has 0 aliphatic carbocycles. The van der Waals surface area contributed by atoms with Gasteiger partial charge in [-0.2, -0.15) is 0 Å². The zero-order chi connectivity index (χ0) is 19.5. The van der Waals surface area contributed by atoms with E-state index in [1.807, 2.05) is 12.3 Å². The standard InChI is InChI=1S/C22H32N4O.HI/c1-4-19-11-13-20(14-12-19)18-25(3)22(23-5-2)24-15-7-9-17-26-16-8-6-10-21(26)27;/h6,8,10-14,16H,4-5,7,9,15,17-18H2,1-3H3,(H,23,24);1H. The smallest absolute Gasteiger partial charge is 0.250 e. The number of nitrogens with zero attached hydrogens (tertiary/aromatic N) is 3. The molecule has 5 nitrogen and oxygen atoms in total. The summed E-state index contributed by atoms with van der Waals surface area (Å²) in [5, 5.41) is 3.36. The molecule has 1 heterocycles. The molecule has 0 saturated carbocycles. The molecular formula is C22H33IN4O. The summed E-state index contributed by atoms with van der Waals surface area (Å²) < 4.78 is 1.75. The third-order valence-corrected chi connectivity index (χ3v) is 4.52. The zero-order valence-electron chi connectivity index (χ0n) is 17.2. The highest BCUT2D eigenvalue weighted by Crippen LogP contribution is 2.07. The van der Waals surface area contributed by atoms with E-state index in [2.05, 4.69) is 55.4 Å². The number of benzene rings is 1. The maximum atomic E-state index is 11.7. The predicted octanol–water partition coefficient (Wildman–Crippen LogP) is 3.91. The Morgan fingerprint density at radius 2 is 1.79 bits per heavy atom. The van der Waals surface area contributed by atoms with Crippen LogP contribution in [0.3, 0.4) is 0 Å². The molecule has 1 aromatic heterocycles. The van der Waals surface area contributed by atoms with Gasteiger partial charge in [-0.25, -0.2) is 0 Å². The summed E-state index contributed by atoms with van der Waals surface area (Å²) in [4.78, 5) is 18.6. The van der Waals surface area contributed by atoms with Crippen molar-refractivity contribution in [3.8, 4) is 0 Å². The molecule has 2 aromatic rings. The summed E-state index contributed by atoms with van der Waals surface area (Å²) in [5.74, 6) is 0.925. The molecule has 0 bridgehead atoms. The molecule has 0 amide bonds. The lowest BCUT2D eigenvalue weighted by Crippen LogP contribution is -2.38. The lowest BCUT2D eigenvalue weighted by molar-refractivity contribution is 0.475. The molecule has 1 N–H and O–H groups in total. The number of aliphatic imine (C=N–C) groups is 1. The van der Waals surface area contributed by atoms with Gasteiger partial charge in [0.15, 0.2) is 5.96 Å². The van der Waals surface area contributed by atoms with E-state index in [1.165, 1.54) is 11.1 Å². The van der Waals surface area contributed by atoms with Crippen molar-refractivity contribution in [3.63, 3.8) is 0 Å². The van der Waals surface area contributed by atoms with E-state index in [4.69, 9.17) is 4.99 Å². The molecule has 0 saturated heterocycles. The average Bonchev–Trinajstić information content (AvgIpc) is 2.68. The Balaban J connectivity index is 0.00000392.